The van der Waals surface area contributed by atoms with Crippen molar-refractivity contribution < 1.29 is 31.1 Å². The second-order valence-electron chi connectivity index (χ2n) is 7.64. The van der Waals surface area contributed by atoms with Gasteiger partial charge >= 0.3 is 5.97 Å². The molecule has 0 amide bonds. The van der Waals surface area contributed by atoms with E-state index in [0.717, 1.165) is 22.0 Å². The molecule has 1 fully saturated rings. The van der Waals surface area contributed by atoms with Gasteiger partial charge in [-0.25, -0.2) is 17.2 Å². The molecular weight excluding hydrogens is 456 g/mol. The average molecular weight is 477 g/mol. The molecule has 2 heterocycles. The molecule has 0 bridgehead atoms. The van der Waals surface area contributed by atoms with Crippen molar-refractivity contribution >= 4 is 16.0 Å². The van der Waals surface area contributed by atoms with E-state index >= 15 is 0 Å². The third-order valence-electron chi connectivity index (χ3n) is 5.42. The van der Waals surface area contributed by atoms with E-state index < -0.39 is 39.6 Å². The fourth-order valence-corrected chi connectivity index (χ4v) is 5.02. The van der Waals surface area contributed by atoms with Gasteiger partial charge in [0.1, 0.15) is 0 Å². The molecule has 2 aromatic carbocycles. The molecule has 33 heavy (non-hydrogen) atoms. The van der Waals surface area contributed by atoms with Crippen LogP contribution in [0.1, 0.15) is 31.8 Å². The average Bonchev–Trinajstić information content (AvgIpc) is 3.32. The van der Waals surface area contributed by atoms with Crippen LogP contribution in [-0.2, 0) is 19.6 Å². The molecule has 0 unspecified atom stereocenters. The number of carbonyl (C=O) groups excluding carboxylic acids is 1. The number of benzene rings is 2. The number of rotatable bonds is 6. The van der Waals surface area contributed by atoms with Crippen molar-refractivity contribution in [3.63, 3.8) is 0 Å². The van der Waals surface area contributed by atoms with Gasteiger partial charge in [-0.1, -0.05) is 18.2 Å². The Labute approximate surface area is 189 Å². The fourth-order valence-electron chi connectivity index (χ4n) is 3.54. The molecule has 4 rings (SSSR count). The molecule has 1 aliphatic heterocycles. The van der Waals surface area contributed by atoms with E-state index in [0.29, 0.717) is 12.0 Å². The van der Waals surface area contributed by atoms with Crippen molar-refractivity contribution in [2.45, 2.75) is 30.8 Å². The van der Waals surface area contributed by atoms with E-state index in [-0.39, 0.29) is 36.7 Å². The van der Waals surface area contributed by atoms with Gasteiger partial charge in [-0.05, 0) is 50.1 Å². The quantitative estimate of drug-likeness (QED) is 0.499. The van der Waals surface area contributed by atoms with Crippen LogP contribution < -0.4 is 0 Å². The van der Waals surface area contributed by atoms with E-state index in [2.05, 4.69) is 10.2 Å². The number of esters is 1. The van der Waals surface area contributed by atoms with Crippen LogP contribution in [0.25, 0.3) is 11.5 Å². The van der Waals surface area contributed by atoms with E-state index in [4.69, 9.17) is 9.15 Å². The van der Waals surface area contributed by atoms with Gasteiger partial charge in [-0.15, -0.1) is 10.2 Å². The van der Waals surface area contributed by atoms with Gasteiger partial charge in [0.2, 0.25) is 15.9 Å². The van der Waals surface area contributed by atoms with Crippen LogP contribution in [0.2, 0.25) is 0 Å². The van der Waals surface area contributed by atoms with E-state index in [1.54, 1.807) is 6.92 Å². The molecule has 3 aromatic rings. The Hall–Kier alpha value is -3.18. The SMILES string of the molecule is C[C@H](OC(=O)C1CCN(S(=O)(=O)c2ccc(F)c(F)c2)CC1)c1nnc(-c2ccccc2)o1. The van der Waals surface area contributed by atoms with Gasteiger partial charge in [-0.2, -0.15) is 4.31 Å². The zero-order valence-corrected chi connectivity index (χ0v) is 18.5. The first kappa shape index (κ1) is 23.0. The lowest BCUT2D eigenvalue weighted by Crippen LogP contribution is -2.40. The van der Waals surface area contributed by atoms with Crippen LogP contribution >= 0.6 is 0 Å². The lowest BCUT2D eigenvalue weighted by Gasteiger charge is -2.30. The summed E-state index contributed by atoms with van der Waals surface area (Å²) in [5.41, 5.74) is 0.740. The molecule has 0 N–H and O–H groups in total. The highest BCUT2D eigenvalue weighted by molar-refractivity contribution is 7.89. The van der Waals surface area contributed by atoms with Crippen molar-refractivity contribution in [2.75, 3.05) is 13.1 Å². The predicted octanol–water partition coefficient (Wildman–Crippen LogP) is 3.72. The van der Waals surface area contributed by atoms with Crippen molar-refractivity contribution in [1.82, 2.24) is 14.5 Å². The molecule has 0 aliphatic carbocycles. The predicted molar refractivity (Wildman–Crippen MR) is 112 cm³/mol. The third-order valence-corrected chi connectivity index (χ3v) is 7.31. The van der Waals surface area contributed by atoms with Gasteiger partial charge in [0.15, 0.2) is 17.7 Å². The molecule has 1 aliphatic rings. The highest BCUT2D eigenvalue weighted by Crippen LogP contribution is 2.28. The van der Waals surface area contributed by atoms with Crippen LogP contribution in [0.3, 0.4) is 0 Å². The van der Waals surface area contributed by atoms with Crippen LogP contribution in [0, 0.1) is 17.6 Å². The van der Waals surface area contributed by atoms with E-state index in [9.17, 15) is 22.0 Å². The lowest BCUT2D eigenvalue weighted by molar-refractivity contribution is -0.156. The monoisotopic (exact) mass is 477 g/mol. The first-order valence-corrected chi connectivity index (χ1v) is 11.7. The maximum atomic E-state index is 13.5. The summed E-state index contributed by atoms with van der Waals surface area (Å²) in [7, 11) is -4.00. The normalized spacial score (nSPS) is 16.5. The number of halogens is 2. The lowest BCUT2D eigenvalue weighted by atomic mass is 9.98. The Morgan fingerprint density at radius 3 is 2.45 bits per heavy atom. The summed E-state index contributed by atoms with van der Waals surface area (Å²) in [5.74, 6) is -2.90. The number of hydrogen-bond acceptors (Lipinski definition) is 7. The maximum absolute atomic E-state index is 13.5. The molecule has 0 radical (unpaired) electrons. The Bertz CT molecular complexity index is 1240. The van der Waals surface area contributed by atoms with Gasteiger partial charge in [0, 0.05) is 18.7 Å². The number of piperidine rings is 1. The Balaban J connectivity index is 1.35. The number of carbonyl (C=O) groups is 1. The molecule has 1 atom stereocenters. The highest BCUT2D eigenvalue weighted by Gasteiger charge is 2.34. The summed E-state index contributed by atoms with van der Waals surface area (Å²) in [5, 5.41) is 7.92. The number of nitrogens with zero attached hydrogens (tertiary/aromatic N) is 3. The topological polar surface area (TPSA) is 103 Å². The molecule has 0 saturated carbocycles. The smallest absolute Gasteiger partial charge is 0.309 e. The zero-order valence-electron chi connectivity index (χ0n) is 17.6. The third kappa shape index (κ3) is 4.93. The second kappa shape index (κ2) is 9.36. The zero-order chi connectivity index (χ0) is 23.6. The summed E-state index contributed by atoms with van der Waals surface area (Å²) < 4.78 is 64.2. The van der Waals surface area contributed by atoms with Crippen molar-refractivity contribution in [2.24, 2.45) is 5.92 Å². The summed E-state index contributed by atoms with van der Waals surface area (Å²) in [6.07, 6.45) is -0.312. The summed E-state index contributed by atoms with van der Waals surface area (Å²) >= 11 is 0. The summed E-state index contributed by atoms with van der Waals surface area (Å²) in [6, 6.07) is 11.6. The molecule has 0 spiro atoms. The molecule has 8 nitrogen and oxygen atoms in total. The van der Waals surface area contributed by atoms with Gasteiger partial charge in [0.05, 0.1) is 10.8 Å². The molecule has 174 valence electrons. The second-order valence-corrected chi connectivity index (χ2v) is 9.58. The van der Waals surface area contributed by atoms with E-state index in [1.807, 2.05) is 30.3 Å². The number of sulfonamides is 1. The number of aromatic nitrogens is 2. The van der Waals surface area contributed by atoms with Gasteiger partial charge < -0.3 is 9.15 Å². The van der Waals surface area contributed by atoms with E-state index in [1.165, 1.54) is 0 Å². The first-order chi connectivity index (χ1) is 15.8. The Morgan fingerprint density at radius 1 is 1.09 bits per heavy atom. The number of ether oxygens (including phenoxy) is 1. The maximum Gasteiger partial charge on any atom is 0.309 e. The first-order valence-electron chi connectivity index (χ1n) is 10.3. The summed E-state index contributed by atoms with van der Waals surface area (Å²) in [6.45, 7) is 1.71. The minimum absolute atomic E-state index is 0.0498. The number of hydrogen-bond donors (Lipinski definition) is 0. The molecule has 11 heteroatoms. The van der Waals surface area contributed by atoms with Crippen LogP contribution in [0.5, 0.6) is 0 Å². The highest BCUT2D eigenvalue weighted by atomic mass is 32.2. The fraction of sp³-hybridized carbons (Fsp3) is 0.318. The van der Waals surface area contributed by atoms with Crippen molar-refractivity contribution in [1.29, 1.82) is 0 Å². The standard InChI is InChI=1S/C22H21F2N3O5S/c1-14(20-25-26-21(32-20)15-5-3-2-4-6-15)31-22(28)16-9-11-27(12-10-16)33(29,30)17-7-8-18(23)19(24)13-17/h2-8,13-14,16H,9-12H2,1H3/t14-/m0/s1. The molecule has 1 aromatic heterocycles. The molecule has 1 saturated heterocycles. The largest absolute Gasteiger partial charge is 0.452 e. The molecular formula is C22H21F2N3O5S. The van der Waals surface area contributed by atoms with Gasteiger partial charge in [-0.3, -0.25) is 4.79 Å². The summed E-state index contributed by atoms with van der Waals surface area (Å²) in [4.78, 5) is 12.3. The minimum atomic E-state index is -4.00. The van der Waals surface area contributed by atoms with Crippen LogP contribution in [0.4, 0.5) is 8.78 Å². The minimum Gasteiger partial charge on any atom is -0.452 e. The van der Waals surface area contributed by atoms with Crippen LogP contribution in [-0.4, -0.2) is 42.0 Å². The van der Waals surface area contributed by atoms with Gasteiger partial charge in [0.25, 0.3) is 5.89 Å². The Kier molecular flexibility index (Phi) is 6.52. The van der Waals surface area contributed by atoms with Crippen LogP contribution in [0.15, 0.2) is 57.8 Å². The van der Waals surface area contributed by atoms with Crippen molar-refractivity contribution in [3.05, 3.63) is 66.1 Å². The Morgan fingerprint density at radius 2 is 1.79 bits per heavy atom. The van der Waals surface area contributed by atoms with Crippen molar-refractivity contribution in [3.8, 4) is 11.5 Å².